The summed E-state index contributed by atoms with van der Waals surface area (Å²) in [6.07, 6.45) is 3.46. The van der Waals surface area contributed by atoms with E-state index in [1.807, 2.05) is 18.7 Å². The molecule has 0 N–H and O–H groups in total. The Kier molecular flexibility index (Phi) is 2.99. The van der Waals surface area contributed by atoms with Gasteiger partial charge in [0.15, 0.2) is 5.87 Å². The van der Waals surface area contributed by atoms with Crippen LogP contribution in [-0.2, 0) is 0 Å². The predicted octanol–water partition coefficient (Wildman–Crippen LogP) is 0.670. The molecule has 0 amide bonds. The van der Waals surface area contributed by atoms with E-state index in [0.29, 0.717) is 0 Å². The summed E-state index contributed by atoms with van der Waals surface area (Å²) in [5, 5.41) is 0. The van der Waals surface area contributed by atoms with Gasteiger partial charge in [-0.3, -0.25) is 0 Å². The van der Waals surface area contributed by atoms with Crippen molar-refractivity contribution in [3.05, 3.63) is 18.7 Å². The summed E-state index contributed by atoms with van der Waals surface area (Å²) in [7, 11) is 3.83. The maximum atomic E-state index is 3.49. The van der Waals surface area contributed by atoms with Crippen LogP contribution in [0.25, 0.3) is 0 Å². The Balaban J connectivity index is 3.86. The summed E-state index contributed by atoms with van der Waals surface area (Å²) >= 11 is 0. The summed E-state index contributed by atoms with van der Waals surface area (Å²) < 4.78 is 1.84. The molecule has 0 atom stereocenters. The molecule has 0 aliphatic heterocycles. The fraction of sp³-hybridized carbons (Fsp3) is 0.333. The first kappa shape index (κ1) is 6.19. The first-order valence-electron chi connectivity index (χ1n) is 2.15. The topological polar surface area (TPSA) is 3.01 Å². The third-order valence-corrected chi connectivity index (χ3v) is 0.451. The molecule has 0 aromatic carbocycles. The molecule has 0 aromatic rings. The van der Waals surface area contributed by atoms with Gasteiger partial charge in [0.05, 0.1) is 0 Å². The third kappa shape index (κ3) is 5.19. The lowest BCUT2D eigenvalue weighted by molar-refractivity contribution is -0.456. The Morgan fingerprint density at radius 2 is 2.14 bits per heavy atom. The molecular formula is C6H10N+. The highest BCUT2D eigenvalue weighted by atomic mass is 14.9. The van der Waals surface area contributed by atoms with E-state index in [4.69, 9.17) is 0 Å². The molecule has 0 aliphatic carbocycles. The van der Waals surface area contributed by atoms with E-state index in [9.17, 15) is 0 Å². The van der Waals surface area contributed by atoms with Crippen molar-refractivity contribution < 1.29 is 4.58 Å². The average Bonchev–Trinajstić information content (AvgIpc) is 1.61. The van der Waals surface area contributed by atoms with Crippen molar-refractivity contribution in [3.8, 4) is 0 Å². The molecule has 0 aromatic heterocycles. The van der Waals surface area contributed by atoms with Gasteiger partial charge in [-0.1, -0.05) is 12.7 Å². The molecule has 0 radical (unpaired) electrons. The van der Waals surface area contributed by atoms with Crippen LogP contribution in [0.15, 0.2) is 18.7 Å². The van der Waals surface area contributed by atoms with Crippen LogP contribution in [-0.4, -0.2) is 24.5 Å². The summed E-state index contributed by atoms with van der Waals surface area (Å²) in [6, 6.07) is 0. The summed E-state index contributed by atoms with van der Waals surface area (Å²) in [4.78, 5) is 0. The van der Waals surface area contributed by atoms with E-state index in [1.165, 1.54) is 0 Å². The zero-order valence-corrected chi connectivity index (χ0v) is 4.81. The Labute approximate surface area is 44.3 Å². The van der Waals surface area contributed by atoms with Gasteiger partial charge < -0.3 is 0 Å². The summed E-state index contributed by atoms with van der Waals surface area (Å²) in [5.41, 5.74) is 0. The smallest absolute Gasteiger partial charge is 0.166 e. The minimum atomic E-state index is 1.69. The van der Waals surface area contributed by atoms with Gasteiger partial charge in [-0.2, -0.15) is 4.58 Å². The Bertz CT molecular complexity index is 112. The number of rotatable bonds is 1. The lowest BCUT2D eigenvalue weighted by Crippen LogP contribution is -1.90. The molecule has 0 saturated heterocycles. The van der Waals surface area contributed by atoms with Crippen molar-refractivity contribution in [1.82, 2.24) is 0 Å². The van der Waals surface area contributed by atoms with Gasteiger partial charge in [0.25, 0.3) is 0 Å². The SMILES string of the molecule is C=CC=C=[N+](C)C. The van der Waals surface area contributed by atoms with Gasteiger partial charge in [0.1, 0.15) is 14.1 Å². The second-order valence-corrected chi connectivity index (χ2v) is 1.43. The molecule has 0 aliphatic rings. The van der Waals surface area contributed by atoms with Crippen LogP contribution in [0, 0.1) is 0 Å². The van der Waals surface area contributed by atoms with Gasteiger partial charge in [0, 0.05) is 6.08 Å². The summed E-state index contributed by atoms with van der Waals surface area (Å²) in [6.45, 7) is 3.49. The van der Waals surface area contributed by atoms with Gasteiger partial charge in [0.2, 0.25) is 0 Å². The molecule has 0 heterocycles. The fourth-order valence-electron chi connectivity index (χ4n) is 0.202. The van der Waals surface area contributed by atoms with Crippen molar-refractivity contribution in [2.45, 2.75) is 0 Å². The van der Waals surface area contributed by atoms with E-state index >= 15 is 0 Å². The number of hydrogen-bond donors (Lipinski definition) is 0. The Morgan fingerprint density at radius 1 is 1.57 bits per heavy atom. The van der Waals surface area contributed by atoms with Crippen LogP contribution in [0.4, 0.5) is 0 Å². The lowest BCUT2D eigenvalue weighted by atomic mass is 10.6. The molecule has 38 valence electrons. The standard InChI is InChI=1S/C6H10N/c1-4-5-6-7(2)3/h4-5H,1H2,2-3H3/q+1. The maximum absolute atomic E-state index is 3.49. The van der Waals surface area contributed by atoms with E-state index in [-0.39, 0.29) is 0 Å². The number of nitrogens with zero attached hydrogens (tertiary/aromatic N) is 1. The molecule has 0 saturated carbocycles. The molecule has 0 unspecified atom stereocenters. The first-order valence-corrected chi connectivity index (χ1v) is 2.15. The molecule has 0 spiro atoms. The van der Waals surface area contributed by atoms with E-state index in [0.717, 1.165) is 0 Å². The van der Waals surface area contributed by atoms with Crippen molar-refractivity contribution >= 4 is 5.87 Å². The lowest BCUT2D eigenvalue weighted by Gasteiger charge is -1.67. The molecule has 1 heteroatoms. The average molecular weight is 96.2 g/mol. The van der Waals surface area contributed by atoms with Gasteiger partial charge in [-0.05, 0) is 0 Å². The molecule has 0 bridgehead atoms. The Morgan fingerprint density at radius 3 is 2.29 bits per heavy atom. The molecule has 7 heavy (non-hydrogen) atoms. The number of hydrogen-bond acceptors (Lipinski definition) is 0. The molecular weight excluding hydrogens is 86.1 g/mol. The van der Waals surface area contributed by atoms with Crippen molar-refractivity contribution in [3.63, 3.8) is 0 Å². The van der Waals surface area contributed by atoms with Crippen LogP contribution in [0.3, 0.4) is 0 Å². The van der Waals surface area contributed by atoms with Crippen LogP contribution in [0.2, 0.25) is 0 Å². The predicted molar refractivity (Wildman–Crippen MR) is 31.9 cm³/mol. The van der Waals surface area contributed by atoms with Gasteiger partial charge in [-0.15, -0.1) is 0 Å². The minimum Gasteiger partial charge on any atom is -0.194 e. The molecule has 1 nitrogen and oxygen atoms in total. The third-order valence-electron chi connectivity index (χ3n) is 0.451. The number of allylic oxidation sites excluding steroid dienone is 2. The highest BCUT2D eigenvalue weighted by Crippen LogP contribution is 1.55. The highest BCUT2D eigenvalue weighted by molar-refractivity contribution is 5.48. The second-order valence-electron chi connectivity index (χ2n) is 1.43. The van der Waals surface area contributed by atoms with E-state index in [2.05, 4.69) is 12.4 Å². The quantitative estimate of drug-likeness (QED) is 0.256. The highest BCUT2D eigenvalue weighted by Gasteiger charge is 1.66. The molecule has 0 rings (SSSR count). The zero-order chi connectivity index (χ0) is 5.70. The molecule has 0 fully saturated rings. The largest absolute Gasteiger partial charge is 0.194 e. The fourth-order valence-corrected chi connectivity index (χ4v) is 0.202. The van der Waals surface area contributed by atoms with Crippen molar-refractivity contribution in [2.24, 2.45) is 0 Å². The Hall–Kier alpha value is -0.810. The van der Waals surface area contributed by atoms with Crippen LogP contribution >= 0.6 is 0 Å². The second kappa shape index (κ2) is 3.38. The van der Waals surface area contributed by atoms with E-state index in [1.54, 1.807) is 12.2 Å². The van der Waals surface area contributed by atoms with Gasteiger partial charge in [-0.25, -0.2) is 0 Å². The van der Waals surface area contributed by atoms with Crippen LogP contribution in [0.1, 0.15) is 0 Å². The first-order chi connectivity index (χ1) is 3.27. The van der Waals surface area contributed by atoms with Crippen molar-refractivity contribution in [2.75, 3.05) is 14.1 Å². The van der Waals surface area contributed by atoms with Crippen molar-refractivity contribution in [1.29, 1.82) is 0 Å². The zero-order valence-electron chi connectivity index (χ0n) is 4.81. The van der Waals surface area contributed by atoms with Gasteiger partial charge >= 0.3 is 0 Å². The summed E-state index contributed by atoms with van der Waals surface area (Å²) in [5.74, 6) is 2.89. The van der Waals surface area contributed by atoms with Crippen LogP contribution in [0.5, 0.6) is 0 Å². The van der Waals surface area contributed by atoms with Crippen LogP contribution < -0.4 is 0 Å². The normalized spacial score (nSPS) is 6.57. The van der Waals surface area contributed by atoms with E-state index < -0.39 is 0 Å². The maximum Gasteiger partial charge on any atom is 0.166 e. The monoisotopic (exact) mass is 96.1 g/mol. The minimum absolute atomic E-state index is 1.69.